The van der Waals surface area contributed by atoms with Gasteiger partial charge in [0.15, 0.2) is 5.82 Å². The number of halogens is 3. The molecule has 9 nitrogen and oxygen atoms in total. The second-order valence-corrected chi connectivity index (χ2v) is 9.29. The Morgan fingerprint density at radius 1 is 1.11 bits per heavy atom. The lowest BCUT2D eigenvalue weighted by Gasteiger charge is -2.48. The molecule has 1 aromatic carbocycles. The third kappa shape index (κ3) is 4.93. The van der Waals surface area contributed by atoms with Crippen molar-refractivity contribution in [3.8, 4) is 6.07 Å². The Morgan fingerprint density at radius 3 is 2.32 bits per heavy atom. The van der Waals surface area contributed by atoms with Gasteiger partial charge in [0.25, 0.3) is 0 Å². The smallest absolute Gasteiger partial charge is 0.416 e. The van der Waals surface area contributed by atoms with Crippen LogP contribution in [0.1, 0.15) is 49.6 Å². The Hall–Kier alpha value is -3.98. The first-order valence-corrected chi connectivity index (χ1v) is 12.2. The van der Waals surface area contributed by atoms with E-state index in [1.165, 1.54) is 22.8 Å². The molecule has 0 saturated carbocycles. The number of hydrogen-bond donors (Lipinski definition) is 1. The van der Waals surface area contributed by atoms with Crippen LogP contribution in [0, 0.1) is 11.3 Å². The topological polar surface area (TPSA) is 115 Å². The van der Waals surface area contributed by atoms with Crippen molar-refractivity contribution in [2.24, 2.45) is 7.05 Å². The predicted octanol–water partition coefficient (Wildman–Crippen LogP) is 3.72. The first kappa shape index (κ1) is 27.1. The van der Waals surface area contributed by atoms with E-state index in [9.17, 15) is 33.1 Å². The van der Waals surface area contributed by atoms with E-state index in [0.29, 0.717) is 36.2 Å². The quantitative estimate of drug-likeness (QED) is 0.515. The van der Waals surface area contributed by atoms with Gasteiger partial charge in [-0.05, 0) is 42.7 Å². The zero-order valence-corrected chi connectivity index (χ0v) is 21.1. The van der Waals surface area contributed by atoms with Gasteiger partial charge in [0.1, 0.15) is 23.3 Å². The van der Waals surface area contributed by atoms with Crippen LogP contribution in [0.25, 0.3) is 11.0 Å². The highest BCUT2D eigenvalue weighted by Crippen LogP contribution is 2.35. The fourth-order valence-corrected chi connectivity index (χ4v) is 5.06. The summed E-state index contributed by atoms with van der Waals surface area (Å²) in [5.74, 6) is -0.837. The average molecular weight is 529 g/mol. The summed E-state index contributed by atoms with van der Waals surface area (Å²) in [7, 11) is 1.57. The fourth-order valence-electron chi connectivity index (χ4n) is 5.06. The maximum Gasteiger partial charge on any atom is 0.416 e. The minimum Gasteiger partial charge on any atom is -0.480 e. The molecule has 0 amide bonds. The summed E-state index contributed by atoms with van der Waals surface area (Å²) in [6.45, 7) is 4.40. The van der Waals surface area contributed by atoms with Gasteiger partial charge in [-0.25, -0.2) is 9.78 Å². The molecule has 2 aromatic heterocycles. The van der Waals surface area contributed by atoms with E-state index in [-0.39, 0.29) is 29.9 Å². The number of nitrogens with zero attached hydrogens (tertiary/aromatic N) is 6. The molecular weight excluding hydrogens is 501 g/mol. The molecule has 0 aliphatic carbocycles. The van der Waals surface area contributed by atoms with Crippen molar-refractivity contribution < 1.29 is 23.1 Å². The van der Waals surface area contributed by atoms with Gasteiger partial charge in [-0.3, -0.25) is 14.3 Å². The number of anilines is 1. The molecule has 1 aliphatic heterocycles. The molecule has 1 saturated heterocycles. The van der Waals surface area contributed by atoms with Crippen LogP contribution in [0.15, 0.2) is 41.2 Å². The third-order valence-electron chi connectivity index (χ3n) is 7.12. The number of alkyl halides is 3. The molecule has 3 aromatic rings. The molecule has 3 heterocycles. The van der Waals surface area contributed by atoms with E-state index in [2.05, 4.69) is 9.97 Å². The highest BCUT2D eigenvalue weighted by molar-refractivity contribution is 5.86. The Bertz CT molecular complexity index is 1450. The van der Waals surface area contributed by atoms with Crippen LogP contribution in [-0.4, -0.2) is 55.7 Å². The second kappa shape index (κ2) is 10.4. The third-order valence-corrected chi connectivity index (χ3v) is 7.12. The van der Waals surface area contributed by atoms with Crippen LogP contribution in [0.4, 0.5) is 19.0 Å². The number of pyridine rings is 1. The molecule has 0 spiro atoms. The summed E-state index contributed by atoms with van der Waals surface area (Å²) in [6.07, 6.45) is -3.41. The van der Waals surface area contributed by atoms with Crippen molar-refractivity contribution in [1.29, 1.82) is 5.26 Å². The number of carboxylic acids is 1. The van der Waals surface area contributed by atoms with Gasteiger partial charge in [-0.2, -0.15) is 23.4 Å². The molecule has 1 fully saturated rings. The number of aliphatic carboxylic acids is 1. The molecule has 0 radical (unpaired) electrons. The number of carboxylic acid groups (broad SMARTS) is 1. The van der Waals surface area contributed by atoms with Crippen LogP contribution < -0.4 is 10.6 Å². The van der Waals surface area contributed by atoms with Gasteiger partial charge in [0, 0.05) is 32.2 Å². The maximum atomic E-state index is 13.1. The van der Waals surface area contributed by atoms with Gasteiger partial charge in [0.2, 0.25) is 0 Å². The average Bonchev–Trinajstić information content (AvgIpc) is 2.89. The number of nitriles is 1. The monoisotopic (exact) mass is 528 g/mol. The molecule has 1 unspecified atom stereocenters. The highest BCUT2D eigenvalue weighted by Gasteiger charge is 2.41. The summed E-state index contributed by atoms with van der Waals surface area (Å²) in [5, 5.41) is 19.5. The van der Waals surface area contributed by atoms with Gasteiger partial charge in [0.05, 0.1) is 11.1 Å². The Morgan fingerprint density at radius 2 is 1.76 bits per heavy atom. The Kier molecular flexibility index (Phi) is 7.42. The van der Waals surface area contributed by atoms with Crippen LogP contribution in [0.5, 0.6) is 0 Å². The number of fused-ring (bicyclic) bond motifs is 1. The minimum absolute atomic E-state index is 0.172. The van der Waals surface area contributed by atoms with E-state index in [4.69, 9.17) is 0 Å². The zero-order valence-electron chi connectivity index (χ0n) is 21.1. The van der Waals surface area contributed by atoms with Crippen molar-refractivity contribution in [3.63, 3.8) is 0 Å². The number of aryl methyl sites for hydroxylation is 1. The summed E-state index contributed by atoms with van der Waals surface area (Å²) >= 11 is 0. The first-order chi connectivity index (χ1) is 18.0. The molecule has 38 heavy (non-hydrogen) atoms. The van der Waals surface area contributed by atoms with E-state index >= 15 is 0 Å². The molecule has 0 bridgehead atoms. The molecule has 12 heteroatoms. The molecule has 4 rings (SSSR count). The van der Waals surface area contributed by atoms with Crippen molar-refractivity contribution in [2.45, 2.75) is 51.0 Å². The van der Waals surface area contributed by atoms with Gasteiger partial charge in [-0.1, -0.05) is 26.0 Å². The van der Waals surface area contributed by atoms with Crippen molar-refractivity contribution >= 4 is 22.8 Å². The molecule has 3 atom stereocenters. The predicted molar refractivity (Wildman–Crippen MR) is 134 cm³/mol. The summed E-state index contributed by atoms with van der Waals surface area (Å²) < 4.78 is 40.6. The first-order valence-electron chi connectivity index (χ1n) is 12.2. The summed E-state index contributed by atoms with van der Waals surface area (Å²) in [6, 6.07) is 7.65. The zero-order chi connectivity index (χ0) is 27.8. The molecular formula is C26H27F3N6O3. The highest BCUT2D eigenvalue weighted by atomic mass is 19.4. The Labute approximate surface area is 216 Å². The van der Waals surface area contributed by atoms with Gasteiger partial charge >= 0.3 is 17.8 Å². The second-order valence-electron chi connectivity index (χ2n) is 9.29. The Balaban J connectivity index is 1.76. The summed E-state index contributed by atoms with van der Waals surface area (Å²) in [5.41, 5.74) is -0.00197. The van der Waals surface area contributed by atoms with Crippen LogP contribution in [0.3, 0.4) is 0 Å². The van der Waals surface area contributed by atoms with Crippen LogP contribution in [-0.2, 0) is 18.0 Å². The van der Waals surface area contributed by atoms with Gasteiger partial charge < -0.3 is 10.0 Å². The lowest BCUT2D eigenvalue weighted by Crippen LogP contribution is -2.60. The number of carbonyl (C=O) groups is 1. The van der Waals surface area contributed by atoms with Crippen molar-refractivity contribution in [1.82, 2.24) is 19.4 Å². The van der Waals surface area contributed by atoms with Gasteiger partial charge in [-0.15, -0.1) is 0 Å². The van der Waals surface area contributed by atoms with E-state index in [0.717, 1.165) is 12.1 Å². The number of rotatable bonds is 6. The minimum atomic E-state index is -4.52. The van der Waals surface area contributed by atoms with E-state index < -0.39 is 29.4 Å². The standard InChI is InChI=1S/C26H27F3N6O3/c1-4-18-14-35(23-21-20(33(3)25(38)32-23)11-10-17(12-30)31-21)19(5-2)13-34(18)22(24(36)37)15-6-8-16(9-7-15)26(27,28)29/h6-11,18-19,22H,4-5,13-14H2,1-3H3,(H,36,37)/t18-,19+,22?/m1/s1. The number of benzene rings is 1. The summed E-state index contributed by atoms with van der Waals surface area (Å²) in [4.78, 5) is 37.6. The lowest BCUT2D eigenvalue weighted by molar-refractivity contribution is -0.145. The van der Waals surface area contributed by atoms with Crippen LogP contribution >= 0.6 is 0 Å². The van der Waals surface area contributed by atoms with Crippen molar-refractivity contribution in [3.05, 3.63) is 63.7 Å². The SMILES string of the molecule is CC[C@H]1CN(C(C(=O)O)c2ccc(C(F)(F)F)cc2)[C@H](CC)CN1c1nc(=O)n(C)c2ccc(C#N)nc12. The number of piperazine rings is 1. The van der Waals surface area contributed by atoms with Crippen LogP contribution in [0.2, 0.25) is 0 Å². The maximum absolute atomic E-state index is 13.1. The molecule has 1 N–H and O–H groups in total. The number of aromatic nitrogens is 3. The van der Waals surface area contributed by atoms with Crippen molar-refractivity contribution in [2.75, 3.05) is 18.0 Å². The lowest BCUT2D eigenvalue weighted by atomic mass is 9.95. The largest absolute Gasteiger partial charge is 0.480 e. The fraction of sp³-hybridized carbons (Fsp3) is 0.423. The number of hydrogen-bond acceptors (Lipinski definition) is 7. The van der Waals surface area contributed by atoms with E-state index in [1.807, 2.05) is 24.8 Å². The molecule has 200 valence electrons. The molecule has 1 aliphatic rings. The normalized spacial score (nSPS) is 19.3. The van der Waals surface area contributed by atoms with E-state index in [1.54, 1.807) is 18.0 Å².